The van der Waals surface area contributed by atoms with Crippen LogP contribution in [0.5, 0.6) is 11.5 Å². The van der Waals surface area contributed by atoms with Crippen molar-refractivity contribution < 1.29 is 14.3 Å². The standard InChI is InChI=1S/C16H24N2O3/c1-11(2)17-13-6-5-9-18(16(13)19)14-8-7-12(20-3)10-15(14)21-4/h7-8,10-11,13,17H,5-6,9H2,1-4H3. The maximum Gasteiger partial charge on any atom is 0.244 e. The first-order valence-electron chi connectivity index (χ1n) is 7.36. The molecule has 0 aromatic heterocycles. The Hall–Kier alpha value is -1.75. The fourth-order valence-corrected chi connectivity index (χ4v) is 2.68. The fraction of sp³-hybridized carbons (Fsp3) is 0.562. The van der Waals surface area contributed by atoms with Crippen LogP contribution < -0.4 is 19.7 Å². The second-order valence-electron chi connectivity index (χ2n) is 5.54. The molecular weight excluding hydrogens is 268 g/mol. The molecule has 1 atom stereocenters. The van der Waals surface area contributed by atoms with Gasteiger partial charge in [-0.05, 0) is 25.0 Å². The number of carbonyl (C=O) groups is 1. The predicted molar refractivity (Wildman–Crippen MR) is 83.2 cm³/mol. The summed E-state index contributed by atoms with van der Waals surface area (Å²) in [5.41, 5.74) is 0.804. The number of ether oxygens (including phenoxy) is 2. The second-order valence-corrected chi connectivity index (χ2v) is 5.54. The first kappa shape index (κ1) is 15.6. The smallest absolute Gasteiger partial charge is 0.244 e. The van der Waals surface area contributed by atoms with Crippen LogP contribution in [0.3, 0.4) is 0 Å². The fourth-order valence-electron chi connectivity index (χ4n) is 2.68. The van der Waals surface area contributed by atoms with Gasteiger partial charge in [-0.25, -0.2) is 0 Å². The van der Waals surface area contributed by atoms with Crippen molar-refractivity contribution >= 4 is 11.6 Å². The van der Waals surface area contributed by atoms with E-state index in [-0.39, 0.29) is 18.0 Å². The Morgan fingerprint density at radius 2 is 2.05 bits per heavy atom. The Bertz CT molecular complexity index is 502. The third-order valence-corrected chi connectivity index (χ3v) is 3.65. The van der Waals surface area contributed by atoms with Crippen LogP contribution in [0.2, 0.25) is 0 Å². The highest BCUT2D eigenvalue weighted by Gasteiger charge is 2.31. The first-order valence-corrected chi connectivity index (χ1v) is 7.36. The van der Waals surface area contributed by atoms with Gasteiger partial charge in [-0.1, -0.05) is 13.8 Å². The molecule has 0 saturated carbocycles. The number of methoxy groups -OCH3 is 2. The van der Waals surface area contributed by atoms with Crippen molar-refractivity contribution in [2.75, 3.05) is 25.7 Å². The molecule has 1 fully saturated rings. The van der Waals surface area contributed by atoms with E-state index in [1.54, 1.807) is 14.2 Å². The lowest BCUT2D eigenvalue weighted by molar-refractivity contribution is -0.122. The highest BCUT2D eigenvalue weighted by molar-refractivity contribution is 5.99. The first-order chi connectivity index (χ1) is 10.1. The zero-order valence-corrected chi connectivity index (χ0v) is 13.2. The Labute approximate surface area is 126 Å². The maximum absolute atomic E-state index is 12.7. The normalized spacial score (nSPS) is 19.0. The number of nitrogens with zero attached hydrogens (tertiary/aromatic N) is 1. The maximum atomic E-state index is 12.7. The molecule has 1 heterocycles. The average Bonchev–Trinajstić information content (AvgIpc) is 2.48. The van der Waals surface area contributed by atoms with E-state index in [0.29, 0.717) is 5.75 Å². The molecule has 1 N–H and O–H groups in total. The average molecular weight is 292 g/mol. The van der Waals surface area contributed by atoms with Gasteiger partial charge in [-0.3, -0.25) is 4.79 Å². The van der Waals surface area contributed by atoms with E-state index in [2.05, 4.69) is 19.2 Å². The van der Waals surface area contributed by atoms with Gasteiger partial charge < -0.3 is 19.7 Å². The van der Waals surface area contributed by atoms with Gasteiger partial charge in [0, 0.05) is 18.7 Å². The minimum absolute atomic E-state index is 0.110. The van der Waals surface area contributed by atoms with E-state index in [9.17, 15) is 4.79 Å². The summed E-state index contributed by atoms with van der Waals surface area (Å²) in [6, 6.07) is 5.71. The molecule has 1 aromatic rings. The molecular formula is C16H24N2O3. The summed E-state index contributed by atoms with van der Waals surface area (Å²) >= 11 is 0. The van der Waals surface area contributed by atoms with Crippen molar-refractivity contribution in [3.63, 3.8) is 0 Å². The minimum Gasteiger partial charge on any atom is -0.497 e. The summed E-state index contributed by atoms with van der Waals surface area (Å²) in [4.78, 5) is 14.5. The topological polar surface area (TPSA) is 50.8 Å². The summed E-state index contributed by atoms with van der Waals surface area (Å²) in [5, 5.41) is 3.33. The number of piperidine rings is 1. The van der Waals surface area contributed by atoms with Crippen molar-refractivity contribution in [1.82, 2.24) is 5.32 Å². The summed E-state index contributed by atoms with van der Waals surface area (Å²) in [6.07, 6.45) is 1.86. The molecule has 1 aromatic carbocycles. The highest BCUT2D eigenvalue weighted by atomic mass is 16.5. The molecule has 2 rings (SSSR count). The van der Waals surface area contributed by atoms with Gasteiger partial charge in [0.25, 0.3) is 0 Å². The van der Waals surface area contributed by atoms with Gasteiger partial charge in [0.1, 0.15) is 11.5 Å². The van der Waals surface area contributed by atoms with Crippen molar-refractivity contribution in [2.45, 2.75) is 38.8 Å². The number of hydrogen-bond donors (Lipinski definition) is 1. The van der Waals surface area contributed by atoms with Gasteiger partial charge in [-0.2, -0.15) is 0 Å². The van der Waals surface area contributed by atoms with Gasteiger partial charge in [-0.15, -0.1) is 0 Å². The van der Waals surface area contributed by atoms with E-state index in [0.717, 1.165) is 30.8 Å². The molecule has 116 valence electrons. The number of benzene rings is 1. The van der Waals surface area contributed by atoms with Crippen LogP contribution in [-0.2, 0) is 4.79 Å². The number of carbonyl (C=O) groups excluding carboxylic acids is 1. The van der Waals surface area contributed by atoms with E-state index >= 15 is 0 Å². The Morgan fingerprint density at radius 1 is 1.29 bits per heavy atom. The van der Waals surface area contributed by atoms with E-state index in [1.165, 1.54) is 0 Å². The molecule has 0 aliphatic carbocycles. The molecule has 1 amide bonds. The van der Waals surface area contributed by atoms with Crippen LogP contribution in [0.25, 0.3) is 0 Å². The number of amides is 1. The molecule has 5 nitrogen and oxygen atoms in total. The predicted octanol–water partition coefficient (Wildman–Crippen LogP) is 2.20. The summed E-state index contributed by atoms with van der Waals surface area (Å²) in [5.74, 6) is 1.49. The second kappa shape index (κ2) is 6.80. The van der Waals surface area contributed by atoms with E-state index in [4.69, 9.17) is 9.47 Å². The SMILES string of the molecule is COc1ccc(N2CCCC(NC(C)C)C2=O)c(OC)c1. The van der Waals surface area contributed by atoms with Crippen molar-refractivity contribution in [1.29, 1.82) is 0 Å². The third-order valence-electron chi connectivity index (χ3n) is 3.65. The van der Waals surface area contributed by atoms with Crippen LogP contribution in [0.15, 0.2) is 18.2 Å². The lowest BCUT2D eigenvalue weighted by atomic mass is 10.0. The lowest BCUT2D eigenvalue weighted by Crippen LogP contribution is -2.52. The zero-order chi connectivity index (χ0) is 15.4. The van der Waals surface area contributed by atoms with Crippen molar-refractivity contribution in [3.8, 4) is 11.5 Å². The molecule has 1 aliphatic heterocycles. The summed E-state index contributed by atoms with van der Waals surface area (Å²) in [7, 11) is 3.22. The largest absolute Gasteiger partial charge is 0.497 e. The Kier molecular flexibility index (Phi) is 5.07. The van der Waals surface area contributed by atoms with Crippen LogP contribution in [0, 0.1) is 0 Å². The van der Waals surface area contributed by atoms with Crippen molar-refractivity contribution in [3.05, 3.63) is 18.2 Å². The number of nitrogens with one attached hydrogen (secondary N) is 1. The molecule has 5 heteroatoms. The Morgan fingerprint density at radius 3 is 2.67 bits per heavy atom. The quantitative estimate of drug-likeness (QED) is 0.904. The van der Waals surface area contributed by atoms with Gasteiger partial charge in [0.15, 0.2) is 0 Å². The highest BCUT2D eigenvalue weighted by Crippen LogP contribution is 2.34. The number of rotatable bonds is 5. The van der Waals surface area contributed by atoms with Crippen molar-refractivity contribution in [2.24, 2.45) is 0 Å². The molecule has 1 aliphatic rings. The molecule has 1 saturated heterocycles. The van der Waals surface area contributed by atoms with Crippen LogP contribution in [0.1, 0.15) is 26.7 Å². The van der Waals surface area contributed by atoms with Crippen LogP contribution in [0.4, 0.5) is 5.69 Å². The van der Waals surface area contributed by atoms with Gasteiger partial charge >= 0.3 is 0 Å². The number of hydrogen-bond acceptors (Lipinski definition) is 4. The monoisotopic (exact) mass is 292 g/mol. The van der Waals surface area contributed by atoms with E-state index < -0.39 is 0 Å². The third kappa shape index (κ3) is 3.47. The molecule has 0 spiro atoms. The van der Waals surface area contributed by atoms with Crippen LogP contribution in [-0.4, -0.2) is 38.8 Å². The van der Waals surface area contributed by atoms with Gasteiger partial charge in [0.05, 0.1) is 25.9 Å². The summed E-state index contributed by atoms with van der Waals surface area (Å²) in [6.45, 7) is 4.83. The molecule has 21 heavy (non-hydrogen) atoms. The number of anilines is 1. The minimum atomic E-state index is -0.120. The summed E-state index contributed by atoms with van der Waals surface area (Å²) < 4.78 is 10.6. The zero-order valence-electron chi connectivity index (χ0n) is 13.2. The molecule has 0 bridgehead atoms. The Balaban J connectivity index is 2.26. The molecule has 0 radical (unpaired) electrons. The van der Waals surface area contributed by atoms with E-state index in [1.807, 2.05) is 23.1 Å². The lowest BCUT2D eigenvalue weighted by Gasteiger charge is -2.34. The van der Waals surface area contributed by atoms with Crippen LogP contribution >= 0.6 is 0 Å². The molecule has 1 unspecified atom stereocenters. The van der Waals surface area contributed by atoms with Gasteiger partial charge in [0.2, 0.25) is 5.91 Å².